The van der Waals surface area contributed by atoms with Gasteiger partial charge in [-0.1, -0.05) is 12.1 Å². The molecule has 0 saturated carbocycles. The van der Waals surface area contributed by atoms with Crippen LogP contribution >= 0.6 is 11.3 Å². The fourth-order valence-corrected chi connectivity index (χ4v) is 5.93. The van der Waals surface area contributed by atoms with Gasteiger partial charge in [0, 0.05) is 18.0 Å². The molecule has 0 radical (unpaired) electrons. The first-order valence-electron chi connectivity index (χ1n) is 7.98. The maximum atomic E-state index is 12.9. The fourth-order valence-electron chi connectivity index (χ4n) is 2.87. The quantitative estimate of drug-likeness (QED) is 0.865. The van der Waals surface area contributed by atoms with Gasteiger partial charge in [0.05, 0.1) is 0 Å². The van der Waals surface area contributed by atoms with Crippen LogP contribution < -0.4 is 5.32 Å². The summed E-state index contributed by atoms with van der Waals surface area (Å²) in [6.07, 6.45) is 1.15. The number of rotatable bonds is 5. The number of benzene rings is 1. The first kappa shape index (κ1) is 18.0. The monoisotopic (exact) mass is 382 g/mol. The van der Waals surface area contributed by atoms with Crippen LogP contribution in [-0.2, 0) is 21.4 Å². The summed E-state index contributed by atoms with van der Waals surface area (Å²) >= 11 is 1.21. The highest BCUT2D eigenvalue weighted by Crippen LogP contribution is 2.30. The van der Waals surface area contributed by atoms with Gasteiger partial charge in [-0.25, -0.2) is 12.8 Å². The van der Waals surface area contributed by atoms with E-state index >= 15 is 0 Å². The van der Waals surface area contributed by atoms with Crippen molar-refractivity contribution in [3.05, 3.63) is 52.7 Å². The van der Waals surface area contributed by atoms with Crippen LogP contribution in [-0.4, -0.2) is 31.2 Å². The van der Waals surface area contributed by atoms with E-state index in [2.05, 4.69) is 5.32 Å². The summed E-state index contributed by atoms with van der Waals surface area (Å²) in [5.41, 5.74) is 0.760. The number of carbonyl (C=O) groups is 1. The molecule has 0 bridgehead atoms. The molecule has 1 aliphatic rings. The molecule has 25 heavy (non-hydrogen) atoms. The minimum absolute atomic E-state index is 0.238. The molecule has 1 amide bonds. The Hall–Kier alpha value is -1.77. The van der Waals surface area contributed by atoms with Gasteiger partial charge in [-0.05, 0) is 49.6 Å². The minimum Gasteiger partial charge on any atom is -0.351 e. The number of carbonyl (C=O) groups excluding carboxylic acids is 1. The summed E-state index contributed by atoms with van der Waals surface area (Å²) in [7, 11) is -3.66. The molecule has 1 atom stereocenters. The van der Waals surface area contributed by atoms with Gasteiger partial charge in [-0.2, -0.15) is 4.31 Å². The molecular formula is C17H19FN2O3S2. The lowest BCUT2D eigenvalue weighted by atomic mass is 10.2. The Labute approximate surface area is 150 Å². The molecule has 134 valence electrons. The van der Waals surface area contributed by atoms with E-state index in [1.807, 2.05) is 6.92 Å². The zero-order valence-electron chi connectivity index (χ0n) is 13.7. The molecule has 5 nitrogen and oxygen atoms in total. The molecule has 2 heterocycles. The Morgan fingerprint density at radius 2 is 2.00 bits per heavy atom. The lowest BCUT2D eigenvalue weighted by Crippen LogP contribution is -2.45. The molecule has 1 aromatic heterocycles. The highest BCUT2D eigenvalue weighted by Gasteiger charge is 2.39. The highest BCUT2D eigenvalue weighted by atomic mass is 32.2. The third kappa shape index (κ3) is 3.91. The van der Waals surface area contributed by atoms with Gasteiger partial charge >= 0.3 is 0 Å². The van der Waals surface area contributed by atoms with Gasteiger partial charge in [0.15, 0.2) is 0 Å². The summed E-state index contributed by atoms with van der Waals surface area (Å²) in [4.78, 5) is 13.4. The molecule has 1 unspecified atom stereocenters. The SMILES string of the molecule is Cc1ccc(S(=O)(=O)N2CCCC2C(=O)NCc2ccc(F)cc2)s1. The van der Waals surface area contributed by atoms with E-state index in [9.17, 15) is 17.6 Å². The van der Waals surface area contributed by atoms with Crippen molar-refractivity contribution in [2.24, 2.45) is 0 Å². The molecule has 1 aliphatic heterocycles. The molecule has 1 N–H and O–H groups in total. The Kier molecular flexibility index (Phi) is 5.21. The van der Waals surface area contributed by atoms with Crippen LogP contribution in [0.4, 0.5) is 4.39 Å². The Morgan fingerprint density at radius 1 is 1.28 bits per heavy atom. The minimum atomic E-state index is -3.66. The van der Waals surface area contributed by atoms with Gasteiger partial charge in [0.2, 0.25) is 5.91 Å². The van der Waals surface area contributed by atoms with Crippen LogP contribution in [0, 0.1) is 12.7 Å². The van der Waals surface area contributed by atoms with Gasteiger partial charge in [0.25, 0.3) is 10.0 Å². The maximum Gasteiger partial charge on any atom is 0.253 e. The van der Waals surface area contributed by atoms with Crippen molar-refractivity contribution in [2.75, 3.05) is 6.54 Å². The summed E-state index contributed by atoms with van der Waals surface area (Å²) in [6, 6.07) is 8.48. The van der Waals surface area contributed by atoms with Crippen molar-refractivity contribution in [3.8, 4) is 0 Å². The second-order valence-corrected chi connectivity index (χ2v) is 9.39. The van der Waals surface area contributed by atoms with E-state index in [1.165, 1.54) is 27.8 Å². The number of hydrogen-bond acceptors (Lipinski definition) is 4. The van der Waals surface area contributed by atoms with Crippen molar-refractivity contribution >= 4 is 27.3 Å². The highest BCUT2D eigenvalue weighted by molar-refractivity contribution is 7.91. The third-order valence-electron chi connectivity index (χ3n) is 4.17. The van der Waals surface area contributed by atoms with Crippen LogP contribution in [0.5, 0.6) is 0 Å². The second kappa shape index (κ2) is 7.23. The Bertz CT molecular complexity index is 862. The number of nitrogens with zero attached hydrogens (tertiary/aromatic N) is 1. The van der Waals surface area contributed by atoms with Gasteiger partial charge in [0.1, 0.15) is 16.1 Å². The first-order valence-corrected chi connectivity index (χ1v) is 10.2. The largest absolute Gasteiger partial charge is 0.351 e. The smallest absolute Gasteiger partial charge is 0.253 e. The molecule has 1 fully saturated rings. The van der Waals surface area contributed by atoms with Crippen molar-refractivity contribution in [1.29, 1.82) is 0 Å². The predicted molar refractivity (Wildman–Crippen MR) is 94.2 cm³/mol. The maximum absolute atomic E-state index is 12.9. The van der Waals surface area contributed by atoms with Crippen LogP contribution in [0.1, 0.15) is 23.3 Å². The summed E-state index contributed by atoms with van der Waals surface area (Å²) in [5, 5.41) is 2.76. The number of nitrogens with one attached hydrogen (secondary N) is 1. The first-order chi connectivity index (χ1) is 11.9. The average molecular weight is 382 g/mol. The van der Waals surface area contributed by atoms with Crippen LogP contribution in [0.15, 0.2) is 40.6 Å². The van der Waals surface area contributed by atoms with E-state index in [4.69, 9.17) is 0 Å². The number of aryl methyl sites for hydroxylation is 1. The molecule has 0 spiro atoms. The van der Waals surface area contributed by atoms with Gasteiger partial charge in [-0.15, -0.1) is 11.3 Å². The van der Waals surface area contributed by atoms with Crippen molar-refractivity contribution in [2.45, 2.75) is 36.6 Å². The van der Waals surface area contributed by atoms with Crippen molar-refractivity contribution in [3.63, 3.8) is 0 Å². The normalized spacial score (nSPS) is 18.4. The molecule has 0 aliphatic carbocycles. The second-order valence-electron chi connectivity index (χ2n) is 5.98. The lowest BCUT2D eigenvalue weighted by Gasteiger charge is -2.22. The van der Waals surface area contributed by atoms with Crippen LogP contribution in [0.3, 0.4) is 0 Å². The molecule has 3 rings (SSSR count). The van der Waals surface area contributed by atoms with E-state index in [0.29, 0.717) is 19.4 Å². The fraction of sp³-hybridized carbons (Fsp3) is 0.353. The third-order valence-corrected chi connectivity index (χ3v) is 7.54. The number of thiophene rings is 1. The van der Waals surface area contributed by atoms with E-state index in [-0.39, 0.29) is 22.5 Å². The van der Waals surface area contributed by atoms with E-state index in [1.54, 1.807) is 24.3 Å². The molecule has 1 saturated heterocycles. The summed E-state index contributed by atoms with van der Waals surface area (Å²) in [5.74, 6) is -0.659. The van der Waals surface area contributed by atoms with Gasteiger partial charge in [-0.3, -0.25) is 4.79 Å². The van der Waals surface area contributed by atoms with Gasteiger partial charge < -0.3 is 5.32 Å². The predicted octanol–water partition coefficient (Wildman–Crippen LogP) is 2.67. The molecule has 2 aromatic rings. The standard InChI is InChI=1S/C17H19FN2O3S2/c1-12-4-9-16(24-12)25(22,23)20-10-2-3-15(20)17(21)19-11-13-5-7-14(18)8-6-13/h4-9,15H,2-3,10-11H2,1H3,(H,19,21). The topological polar surface area (TPSA) is 66.5 Å². The lowest BCUT2D eigenvalue weighted by molar-refractivity contribution is -0.124. The molecule has 8 heteroatoms. The van der Waals surface area contributed by atoms with E-state index < -0.39 is 16.1 Å². The Balaban J connectivity index is 1.70. The zero-order chi connectivity index (χ0) is 18.0. The average Bonchev–Trinajstić information content (AvgIpc) is 3.23. The van der Waals surface area contributed by atoms with Crippen LogP contribution in [0.25, 0.3) is 0 Å². The van der Waals surface area contributed by atoms with E-state index in [0.717, 1.165) is 10.4 Å². The van der Waals surface area contributed by atoms with Crippen LogP contribution in [0.2, 0.25) is 0 Å². The number of amides is 1. The number of halogens is 1. The number of sulfonamides is 1. The molecular weight excluding hydrogens is 363 g/mol. The summed E-state index contributed by atoms with van der Waals surface area (Å²) < 4.78 is 40.1. The van der Waals surface area contributed by atoms with Crippen molar-refractivity contribution in [1.82, 2.24) is 9.62 Å². The summed E-state index contributed by atoms with van der Waals surface area (Å²) in [6.45, 7) is 2.43. The zero-order valence-corrected chi connectivity index (χ0v) is 15.4. The Morgan fingerprint density at radius 3 is 2.64 bits per heavy atom. The van der Waals surface area contributed by atoms with Crippen molar-refractivity contribution < 1.29 is 17.6 Å². The number of hydrogen-bond donors (Lipinski definition) is 1. The molecule has 1 aromatic carbocycles.